The highest BCUT2D eigenvalue weighted by Crippen LogP contribution is 2.39. The Balaban J connectivity index is 1.97. The number of Topliss-reactive ketones (excluding diaryl/α,β-unsaturated/α-hetero) is 1. The number of allylic oxidation sites excluding steroid dienone is 1. The topological polar surface area (TPSA) is 38.7 Å². The number of oxime groups is 1. The van der Waals surface area contributed by atoms with Gasteiger partial charge in [0.25, 0.3) is 0 Å². The van der Waals surface area contributed by atoms with E-state index in [2.05, 4.69) is 25.6 Å². The van der Waals surface area contributed by atoms with Crippen molar-refractivity contribution in [3.63, 3.8) is 0 Å². The van der Waals surface area contributed by atoms with E-state index in [0.29, 0.717) is 18.3 Å². The molecular weight excluding hydrogens is 262 g/mol. The normalized spacial score (nSPS) is 28.5. The molecule has 0 radical (unpaired) electrons. The van der Waals surface area contributed by atoms with Crippen LogP contribution in [0.2, 0.25) is 0 Å². The molecule has 0 amide bonds. The van der Waals surface area contributed by atoms with Gasteiger partial charge >= 0.3 is 0 Å². The number of carbonyl (C=O) groups is 1. The molecule has 0 aromatic rings. The predicted octanol–water partition coefficient (Wildman–Crippen LogP) is 4.38. The Hall–Kier alpha value is -1.12. The number of hydrogen-bond acceptors (Lipinski definition) is 3. The third kappa shape index (κ3) is 4.42. The molecule has 0 spiro atoms. The van der Waals surface area contributed by atoms with E-state index in [1.165, 1.54) is 25.7 Å². The molecule has 2 atom stereocenters. The summed E-state index contributed by atoms with van der Waals surface area (Å²) < 4.78 is 0. The van der Waals surface area contributed by atoms with Crippen LogP contribution >= 0.6 is 0 Å². The van der Waals surface area contributed by atoms with Crippen LogP contribution in [0.15, 0.2) is 17.3 Å². The summed E-state index contributed by atoms with van der Waals surface area (Å²) in [5.41, 5.74) is 1.99. The maximum absolute atomic E-state index is 11.4. The lowest BCUT2D eigenvalue weighted by atomic mass is 9.73. The fourth-order valence-corrected chi connectivity index (χ4v) is 3.21. The molecule has 0 saturated heterocycles. The fraction of sp³-hybridized carbons (Fsp3) is 0.778. The van der Waals surface area contributed by atoms with Gasteiger partial charge in [0, 0.05) is 12.3 Å². The van der Waals surface area contributed by atoms with Crippen LogP contribution in [-0.4, -0.2) is 17.6 Å². The van der Waals surface area contributed by atoms with Crippen molar-refractivity contribution in [1.29, 1.82) is 0 Å². The Morgan fingerprint density at radius 2 is 1.95 bits per heavy atom. The van der Waals surface area contributed by atoms with Crippen molar-refractivity contribution >= 4 is 11.5 Å². The summed E-state index contributed by atoms with van der Waals surface area (Å²) in [5, 5.41) is 4.43. The fourth-order valence-electron chi connectivity index (χ4n) is 3.21. The summed E-state index contributed by atoms with van der Waals surface area (Å²) in [4.78, 5) is 17.2. The summed E-state index contributed by atoms with van der Waals surface area (Å²) in [6.45, 7) is 12.3. The number of hydrogen-bond donors (Lipinski definition) is 0. The van der Waals surface area contributed by atoms with Gasteiger partial charge in [-0.3, -0.25) is 0 Å². The van der Waals surface area contributed by atoms with E-state index in [-0.39, 0.29) is 17.8 Å². The van der Waals surface area contributed by atoms with Crippen LogP contribution in [0, 0.1) is 23.7 Å². The molecule has 2 aliphatic carbocycles. The average Bonchev–Trinajstić information content (AvgIpc) is 3.17. The first-order valence-electron chi connectivity index (χ1n) is 8.30. The Morgan fingerprint density at radius 3 is 2.43 bits per heavy atom. The van der Waals surface area contributed by atoms with Crippen molar-refractivity contribution < 1.29 is 9.63 Å². The molecule has 2 saturated carbocycles. The van der Waals surface area contributed by atoms with Gasteiger partial charge in [-0.25, -0.2) is 0 Å². The summed E-state index contributed by atoms with van der Waals surface area (Å²) in [7, 11) is 0. The molecule has 1 unspecified atom stereocenters. The highest BCUT2D eigenvalue weighted by molar-refractivity contribution is 6.03. The van der Waals surface area contributed by atoms with Gasteiger partial charge in [0.2, 0.25) is 0 Å². The zero-order chi connectivity index (χ0) is 15.6. The van der Waals surface area contributed by atoms with Crippen LogP contribution in [0.5, 0.6) is 0 Å². The molecule has 0 aliphatic heterocycles. The zero-order valence-corrected chi connectivity index (χ0v) is 13.9. The van der Waals surface area contributed by atoms with Gasteiger partial charge in [0.1, 0.15) is 11.9 Å². The van der Waals surface area contributed by atoms with Crippen LogP contribution in [0.1, 0.15) is 59.8 Å². The van der Waals surface area contributed by atoms with Gasteiger partial charge in [0.15, 0.2) is 0 Å². The van der Waals surface area contributed by atoms with Crippen LogP contribution in [0.3, 0.4) is 0 Å². The van der Waals surface area contributed by atoms with E-state index in [0.717, 1.165) is 17.2 Å². The smallest absolute Gasteiger partial charge is 0.130 e. The molecule has 0 bridgehead atoms. The second-order valence-electron chi connectivity index (χ2n) is 7.23. The predicted molar refractivity (Wildman–Crippen MR) is 86.2 cm³/mol. The van der Waals surface area contributed by atoms with Crippen LogP contribution in [0.25, 0.3) is 0 Å². The minimum absolute atomic E-state index is 0.100. The lowest BCUT2D eigenvalue weighted by Crippen LogP contribution is -2.31. The van der Waals surface area contributed by atoms with Gasteiger partial charge < -0.3 is 9.63 Å². The Bertz CT molecular complexity index is 430. The minimum atomic E-state index is 0.100. The molecular formula is C18H29NO2. The van der Waals surface area contributed by atoms with E-state index in [1.54, 1.807) is 6.92 Å². The molecule has 118 valence electrons. The van der Waals surface area contributed by atoms with Crippen molar-refractivity contribution in [2.75, 3.05) is 0 Å². The lowest BCUT2D eigenvalue weighted by Gasteiger charge is -2.35. The van der Waals surface area contributed by atoms with E-state index < -0.39 is 0 Å². The Labute approximate surface area is 128 Å². The van der Waals surface area contributed by atoms with Crippen molar-refractivity contribution in [3.8, 4) is 0 Å². The maximum Gasteiger partial charge on any atom is 0.130 e. The Kier molecular flexibility index (Phi) is 5.23. The van der Waals surface area contributed by atoms with E-state index in [9.17, 15) is 4.79 Å². The average molecular weight is 291 g/mol. The molecule has 2 rings (SSSR count). The maximum atomic E-state index is 11.4. The lowest BCUT2D eigenvalue weighted by molar-refractivity contribution is -0.117. The van der Waals surface area contributed by atoms with Gasteiger partial charge in [-0.1, -0.05) is 25.6 Å². The summed E-state index contributed by atoms with van der Waals surface area (Å²) in [6.07, 6.45) is 5.54. The van der Waals surface area contributed by atoms with E-state index >= 15 is 0 Å². The van der Waals surface area contributed by atoms with Gasteiger partial charge in [-0.05, 0) is 62.9 Å². The first kappa shape index (κ1) is 16.3. The minimum Gasteiger partial charge on any atom is -0.392 e. The molecule has 21 heavy (non-hydrogen) atoms. The quantitative estimate of drug-likeness (QED) is 0.492. The van der Waals surface area contributed by atoms with Gasteiger partial charge in [-0.15, -0.1) is 0 Å². The zero-order valence-electron chi connectivity index (χ0n) is 13.9. The summed E-state index contributed by atoms with van der Waals surface area (Å²) in [5.74, 6) is 2.30. The molecule has 2 aliphatic rings. The number of ketones is 1. The summed E-state index contributed by atoms with van der Waals surface area (Å²) >= 11 is 0. The van der Waals surface area contributed by atoms with E-state index in [4.69, 9.17) is 4.84 Å². The second kappa shape index (κ2) is 6.76. The van der Waals surface area contributed by atoms with E-state index in [1.807, 2.05) is 6.92 Å². The van der Waals surface area contributed by atoms with Crippen molar-refractivity contribution in [2.24, 2.45) is 28.8 Å². The number of rotatable bonds is 8. The number of carbonyl (C=O) groups excluding carboxylic acids is 1. The molecule has 0 aromatic carbocycles. The molecule has 0 N–H and O–H groups in total. The first-order valence-corrected chi connectivity index (χ1v) is 8.30. The third-order valence-corrected chi connectivity index (χ3v) is 4.85. The SMILES string of the molecule is C=C(/C(=N\OC(C)C1CC(C)C1)[C@@H](C)CC(C)=O)C1CC1. The van der Waals surface area contributed by atoms with Gasteiger partial charge in [-0.2, -0.15) is 0 Å². The molecule has 2 fully saturated rings. The second-order valence-corrected chi connectivity index (χ2v) is 7.23. The van der Waals surface area contributed by atoms with Crippen LogP contribution < -0.4 is 0 Å². The monoisotopic (exact) mass is 291 g/mol. The molecule has 0 heterocycles. The number of nitrogens with zero attached hydrogens (tertiary/aromatic N) is 1. The van der Waals surface area contributed by atoms with Crippen molar-refractivity contribution in [3.05, 3.63) is 12.2 Å². The first-order chi connectivity index (χ1) is 9.88. The highest BCUT2D eigenvalue weighted by atomic mass is 16.6. The molecule has 3 heteroatoms. The third-order valence-electron chi connectivity index (χ3n) is 4.85. The molecule has 0 aromatic heterocycles. The standard InChI is InChI=1S/C18H29NO2/c1-11-8-17(9-11)15(5)21-19-18(12(2)10-13(3)20)14(4)16-6-7-16/h11-12,15-17H,4,6-10H2,1-3,5H3/b19-18-/t11?,12-,15?,17?/m0/s1. The van der Waals surface area contributed by atoms with Gasteiger partial charge in [0.05, 0.1) is 5.71 Å². The molecule has 3 nitrogen and oxygen atoms in total. The largest absolute Gasteiger partial charge is 0.392 e. The van der Waals surface area contributed by atoms with Crippen molar-refractivity contribution in [1.82, 2.24) is 0 Å². The summed E-state index contributed by atoms with van der Waals surface area (Å²) in [6, 6.07) is 0. The highest BCUT2D eigenvalue weighted by Gasteiger charge is 2.33. The Morgan fingerprint density at radius 1 is 1.33 bits per heavy atom. The van der Waals surface area contributed by atoms with Crippen molar-refractivity contribution in [2.45, 2.75) is 65.9 Å². The van der Waals surface area contributed by atoms with Crippen LogP contribution in [0.4, 0.5) is 0 Å². The van der Waals surface area contributed by atoms with Crippen LogP contribution in [-0.2, 0) is 9.63 Å².